The molecule has 6 heteroatoms. The average Bonchev–Trinajstić information content (AvgIpc) is 3.07. The molecule has 0 aliphatic carbocycles. The SMILES string of the molecule is C=C(C)CN=C(NCCc1ccco1)NC1CCN(CC(=C)C)CC1.I. The molecule has 1 aromatic rings. The Labute approximate surface area is 175 Å². The second-order valence-corrected chi connectivity index (χ2v) is 7.03. The zero-order valence-electron chi connectivity index (χ0n) is 16.1. The monoisotopic (exact) mass is 472 g/mol. The van der Waals surface area contributed by atoms with Crippen LogP contribution in [0.25, 0.3) is 0 Å². The molecule has 0 bridgehead atoms. The van der Waals surface area contributed by atoms with Crippen molar-refractivity contribution in [3.8, 4) is 0 Å². The highest BCUT2D eigenvalue weighted by molar-refractivity contribution is 14.0. The van der Waals surface area contributed by atoms with Crippen LogP contribution < -0.4 is 10.6 Å². The van der Waals surface area contributed by atoms with Gasteiger partial charge in [0.05, 0.1) is 12.8 Å². The molecule has 0 spiro atoms. The molecule has 2 heterocycles. The van der Waals surface area contributed by atoms with Crippen LogP contribution in [0, 0.1) is 0 Å². The summed E-state index contributed by atoms with van der Waals surface area (Å²) in [7, 11) is 0. The number of hydrogen-bond donors (Lipinski definition) is 2. The van der Waals surface area contributed by atoms with E-state index in [1.165, 1.54) is 5.57 Å². The minimum atomic E-state index is 0. The van der Waals surface area contributed by atoms with E-state index in [4.69, 9.17) is 4.42 Å². The number of halogens is 1. The molecule has 0 saturated carbocycles. The number of rotatable bonds is 8. The van der Waals surface area contributed by atoms with Gasteiger partial charge in [0.15, 0.2) is 5.96 Å². The summed E-state index contributed by atoms with van der Waals surface area (Å²) < 4.78 is 5.38. The molecule has 146 valence electrons. The number of hydrogen-bond acceptors (Lipinski definition) is 3. The highest BCUT2D eigenvalue weighted by Crippen LogP contribution is 2.11. The number of guanidine groups is 1. The maximum absolute atomic E-state index is 5.38. The van der Waals surface area contributed by atoms with Gasteiger partial charge in [0.25, 0.3) is 0 Å². The predicted octanol–water partition coefficient (Wildman–Crippen LogP) is 3.59. The third-order valence-corrected chi connectivity index (χ3v) is 4.17. The van der Waals surface area contributed by atoms with Crippen molar-refractivity contribution in [2.75, 3.05) is 32.7 Å². The summed E-state index contributed by atoms with van der Waals surface area (Å²) in [6.45, 7) is 16.7. The molecule has 1 aliphatic rings. The Morgan fingerprint density at radius 2 is 2.00 bits per heavy atom. The molecule has 0 amide bonds. The molecular weight excluding hydrogens is 439 g/mol. The first kappa shape index (κ1) is 22.8. The number of aliphatic imine (C=N–C) groups is 1. The predicted molar refractivity (Wildman–Crippen MR) is 120 cm³/mol. The summed E-state index contributed by atoms with van der Waals surface area (Å²) in [5, 5.41) is 7.00. The Balaban J connectivity index is 0.00000338. The Morgan fingerprint density at radius 1 is 1.27 bits per heavy atom. The number of piperidine rings is 1. The third-order valence-electron chi connectivity index (χ3n) is 4.17. The zero-order chi connectivity index (χ0) is 18.1. The lowest BCUT2D eigenvalue weighted by atomic mass is 10.0. The van der Waals surface area contributed by atoms with Gasteiger partial charge in [0.2, 0.25) is 0 Å². The molecule has 0 radical (unpaired) electrons. The van der Waals surface area contributed by atoms with Gasteiger partial charge in [-0.05, 0) is 38.8 Å². The van der Waals surface area contributed by atoms with Gasteiger partial charge in [0, 0.05) is 38.6 Å². The van der Waals surface area contributed by atoms with E-state index in [1.54, 1.807) is 6.26 Å². The fourth-order valence-corrected chi connectivity index (χ4v) is 2.94. The Kier molecular flexibility index (Phi) is 10.7. The van der Waals surface area contributed by atoms with E-state index in [1.807, 2.05) is 19.1 Å². The van der Waals surface area contributed by atoms with Gasteiger partial charge < -0.3 is 15.1 Å². The molecule has 1 saturated heterocycles. The van der Waals surface area contributed by atoms with Crippen LogP contribution >= 0.6 is 24.0 Å². The lowest BCUT2D eigenvalue weighted by Gasteiger charge is -2.33. The van der Waals surface area contributed by atoms with E-state index in [9.17, 15) is 0 Å². The van der Waals surface area contributed by atoms with Crippen LogP contribution in [0.15, 0.2) is 52.1 Å². The molecular formula is C20H33IN4O. The van der Waals surface area contributed by atoms with E-state index in [0.29, 0.717) is 12.6 Å². The smallest absolute Gasteiger partial charge is 0.191 e. The maximum atomic E-state index is 5.38. The highest BCUT2D eigenvalue weighted by Gasteiger charge is 2.19. The summed E-state index contributed by atoms with van der Waals surface area (Å²) in [5.74, 6) is 1.85. The first-order valence-electron chi connectivity index (χ1n) is 9.11. The van der Waals surface area contributed by atoms with Crippen molar-refractivity contribution >= 4 is 29.9 Å². The van der Waals surface area contributed by atoms with Crippen molar-refractivity contribution in [3.63, 3.8) is 0 Å². The minimum absolute atomic E-state index is 0. The van der Waals surface area contributed by atoms with Gasteiger partial charge in [-0.15, -0.1) is 24.0 Å². The fraction of sp³-hybridized carbons (Fsp3) is 0.550. The quantitative estimate of drug-likeness (QED) is 0.263. The van der Waals surface area contributed by atoms with E-state index in [-0.39, 0.29) is 24.0 Å². The van der Waals surface area contributed by atoms with Crippen LogP contribution in [0.4, 0.5) is 0 Å². The highest BCUT2D eigenvalue weighted by atomic mass is 127. The standard InChI is InChI=1S/C20H32N4O.HI/c1-16(2)14-22-20(21-10-7-19-6-5-13-25-19)23-18-8-11-24(12-9-18)15-17(3)4;/h5-6,13,18H,1,3,7-12,14-15H2,2,4H3,(H2,21,22,23);1H. The zero-order valence-corrected chi connectivity index (χ0v) is 18.4. The Morgan fingerprint density at radius 3 is 2.58 bits per heavy atom. The summed E-state index contributed by atoms with van der Waals surface area (Å²) in [5.41, 5.74) is 2.29. The van der Waals surface area contributed by atoms with Crippen LogP contribution in [0.1, 0.15) is 32.4 Å². The first-order chi connectivity index (χ1) is 12.0. The van der Waals surface area contributed by atoms with E-state index in [0.717, 1.165) is 62.7 Å². The maximum Gasteiger partial charge on any atom is 0.191 e. The lowest BCUT2D eigenvalue weighted by Crippen LogP contribution is -2.49. The Hall–Kier alpha value is -1.28. The van der Waals surface area contributed by atoms with E-state index in [2.05, 4.69) is 40.6 Å². The van der Waals surface area contributed by atoms with Crippen LogP contribution in [0.5, 0.6) is 0 Å². The topological polar surface area (TPSA) is 52.8 Å². The first-order valence-corrected chi connectivity index (χ1v) is 9.11. The van der Waals surface area contributed by atoms with Gasteiger partial charge in [0.1, 0.15) is 5.76 Å². The molecule has 5 nitrogen and oxygen atoms in total. The minimum Gasteiger partial charge on any atom is -0.469 e. The van der Waals surface area contributed by atoms with Gasteiger partial charge in [-0.2, -0.15) is 0 Å². The summed E-state index contributed by atoms with van der Waals surface area (Å²) >= 11 is 0. The van der Waals surface area contributed by atoms with Crippen molar-refractivity contribution in [1.82, 2.24) is 15.5 Å². The van der Waals surface area contributed by atoms with Crippen molar-refractivity contribution in [2.24, 2.45) is 4.99 Å². The summed E-state index contributed by atoms with van der Waals surface area (Å²) in [4.78, 5) is 7.11. The normalized spacial score (nSPS) is 16.0. The second-order valence-electron chi connectivity index (χ2n) is 7.03. The largest absolute Gasteiger partial charge is 0.469 e. The Bertz CT molecular complexity index is 575. The molecule has 26 heavy (non-hydrogen) atoms. The molecule has 1 aromatic heterocycles. The third kappa shape index (κ3) is 8.89. The molecule has 0 atom stereocenters. The van der Waals surface area contributed by atoms with E-state index < -0.39 is 0 Å². The molecule has 2 N–H and O–H groups in total. The molecule has 1 fully saturated rings. The number of nitrogens with one attached hydrogen (secondary N) is 2. The number of furan rings is 1. The number of likely N-dealkylation sites (tertiary alicyclic amines) is 1. The van der Waals surface area contributed by atoms with Crippen molar-refractivity contribution in [1.29, 1.82) is 0 Å². The average molecular weight is 472 g/mol. The van der Waals surface area contributed by atoms with Gasteiger partial charge in [-0.1, -0.05) is 24.3 Å². The fourth-order valence-electron chi connectivity index (χ4n) is 2.94. The van der Waals surface area contributed by atoms with Gasteiger partial charge in [-0.25, -0.2) is 4.99 Å². The van der Waals surface area contributed by atoms with Gasteiger partial charge >= 0.3 is 0 Å². The van der Waals surface area contributed by atoms with Crippen LogP contribution in [0.3, 0.4) is 0 Å². The van der Waals surface area contributed by atoms with Crippen LogP contribution in [0.2, 0.25) is 0 Å². The summed E-state index contributed by atoms with van der Waals surface area (Å²) in [6.07, 6.45) is 4.80. The van der Waals surface area contributed by atoms with Crippen molar-refractivity contribution < 1.29 is 4.42 Å². The lowest BCUT2D eigenvalue weighted by molar-refractivity contribution is 0.221. The second kappa shape index (κ2) is 12.2. The molecule has 1 aliphatic heterocycles. The number of nitrogens with zero attached hydrogens (tertiary/aromatic N) is 2. The molecule has 0 unspecified atom stereocenters. The van der Waals surface area contributed by atoms with Gasteiger partial charge in [-0.3, -0.25) is 4.90 Å². The van der Waals surface area contributed by atoms with E-state index >= 15 is 0 Å². The molecule has 2 rings (SSSR count). The van der Waals surface area contributed by atoms with Crippen LogP contribution in [-0.2, 0) is 6.42 Å². The molecule has 0 aromatic carbocycles. The summed E-state index contributed by atoms with van der Waals surface area (Å²) in [6, 6.07) is 4.38. The van der Waals surface area contributed by atoms with Crippen LogP contribution in [-0.4, -0.2) is 49.6 Å². The van der Waals surface area contributed by atoms with Crippen molar-refractivity contribution in [2.45, 2.75) is 39.2 Å². The van der Waals surface area contributed by atoms with Crippen molar-refractivity contribution in [3.05, 3.63) is 48.5 Å².